The standard InChI is InChI=1S/C33H21NO/c1-33(2)22-12-6-3-10-19(22)28-23(33)17-21-18-9-4-7-13-24(18)34-25-15-16-27-29(30(25)31(28)32(21)34)20-11-5-8-14-26(20)35-27/h3-17H,1-2H3. The lowest BCUT2D eigenvalue weighted by molar-refractivity contribution is 0.661. The van der Waals surface area contributed by atoms with Crippen molar-refractivity contribution >= 4 is 60.0 Å². The molecule has 0 amide bonds. The summed E-state index contributed by atoms with van der Waals surface area (Å²) in [6.07, 6.45) is 0. The monoisotopic (exact) mass is 447 g/mol. The van der Waals surface area contributed by atoms with E-state index in [4.69, 9.17) is 4.42 Å². The Morgan fingerprint density at radius 1 is 0.600 bits per heavy atom. The van der Waals surface area contributed by atoms with E-state index in [1.54, 1.807) is 0 Å². The molecule has 1 aliphatic rings. The fraction of sp³-hybridized carbons (Fsp3) is 0.0909. The van der Waals surface area contributed by atoms with Crippen LogP contribution in [0.25, 0.3) is 71.2 Å². The molecular formula is C33H21NO. The molecule has 35 heavy (non-hydrogen) atoms. The molecule has 2 heteroatoms. The summed E-state index contributed by atoms with van der Waals surface area (Å²) in [7, 11) is 0. The minimum absolute atomic E-state index is 0.0606. The maximum absolute atomic E-state index is 6.36. The second-order valence-electron chi connectivity index (χ2n) is 10.5. The number of fused-ring (bicyclic) bond motifs is 14. The quantitative estimate of drug-likeness (QED) is 0.227. The van der Waals surface area contributed by atoms with Crippen LogP contribution in [0.15, 0.2) is 95.4 Å². The predicted molar refractivity (Wildman–Crippen MR) is 146 cm³/mol. The van der Waals surface area contributed by atoms with Gasteiger partial charge in [-0.05, 0) is 52.6 Å². The molecule has 0 aliphatic heterocycles. The zero-order chi connectivity index (χ0) is 23.1. The van der Waals surface area contributed by atoms with Gasteiger partial charge in [0.15, 0.2) is 0 Å². The van der Waals surface area contributed by atoms with Gasteiger partial charge < -0.3 is 8.82 Å². The molecule has 0 bridgehead atoms. The summed E-state index contributed by atoms with van der Waals surface area (Å²) in [4.78, 5) is 0. The SMILES string of the molecule is CC1(C)c2ccccc2-c2c1cc1c3ccccc3n3c4ccc5oc6ccccc6c5c4c2c13. The Labute approximate surface area is 201 Å². The summed E-state index contributed by atoms with van der Waals surface area (Å²) in [5, 5.41) is 7.74. The van der Waals surface area contributed by atoms with E-state index < -0.39 is 0 Å². The molecule has 0 spiro atoms. The van der Waals surface area contributed by atoms with Crippen LogP contribution >= 0.6 is 0 Å². The molecule has 8 aromatic rings. The largest absolute Gasteiger partial charge is 0.456 e. The van der Waals surface area contributed by atoms with E-state index in [1.165, 1.54) is 71.1 Å². The Balaban J connectivity index is 1.69. The van der Waals surface area contributed by atoms with Crippen molar-refractivity contribution in [2.24, 2.45) is 0 Å². The lowest BCUT2D eigenvalue weighted by Gasteiger charge is -2.21. The molecule has 1 aliphatic carbocycles. The number of hydrogen-bond donors (Lipinski definition) is 0. The van der Waals surface area contributed by atoms with Gasteiger partial charge in [-0.3, -0.25) is 0 Å². The fourth-order valence-electron chi connectivity index (χ4n) is 7.03. The van der Waals surface area contributed by atoms with Crippen molar-refractivity contribution in [2.45, 2.75) is 19.3 Å². The first-order valence-corrected chi connectivity index (χ1v) is 12.3. The van der Waals surface area contributed by atoms with Gasteiger partial charge in [0.25, 0.3) is 0 Å². The van der Waals surface area contributed by atoms with Gasteiger partial charge in [-0.25, -0.2) is 0 Å². The van der Waals surface area contributed by atoms with Crippen molar-refractivity contribution in [3.63, 3.8) is 0 Å². The van der Waals surface area contributed by atoms with E-state index in [1.807, 2.05) is 0 Å². The van der Waals surface area contributed by atoms with Crippen LogP contribution in [0, 0.1) is 0 Å². The minimum Gasteiger partial charge on any atom is -0.456 e. The van der Waals surface area contributed by atoms with Gasteiger partial charge >= 0.3 is 0 Å². The Morgan fingerprint density at radius 3 is 2.29 bits per heavy atom. The van der Waals surface area contributed by atoms with Crippen molar-refractivity contribution in [2.75, 3.05) is 0 Å². The molecule has 0 N–H and O–H groups in total. The van der Waals surface area contributed by atoms with E-state index in [9.17, 15) is 0 Å². The molecule has 0 fully saturated rings. The molecule has 0 unspecified atom stereocenters. The summed E-state index contributed by atoms with van der Waals surface area (Å²) < 4.78 is 8.85. The molecule has 3 heterocycles. The highest BCUT2D eigenvalue weighted by Crippen LogP contribution is 2.56. The number of benzene rings is 5. The molecule has 3 aromatic heterocycles. The van der Waals surface area contributed by atoms with E-state index >= 15 is 0 Å². The summed E-state index contributed by atoms with van der Waals surface area (Å²) in [5.41, 5.74) is 11.3. The van der Waals surface area contributed by atoms with E-state index in [2.05, 4.69) is 109 Å². The van der Waals surface area contributed by atoms with Crippen molar-refractivity contribution in [3.8, 4) is 11.1 Å². The molecule has 2 nitrogen and oxygen atoms in total. The predicted octanol–water partition coefficient (Wildman–Crippen LogP) is 9.04. The lowest BCUT2D eigenvalue weighted by Crippen LogP contribution is -2.14. The van der Waals surface area contributed by atoms with Crippen LogP contribution in [0.1, 0.15) is 25.0 Å². The summed E-state index contributed by atoms with van der Waals surface area (Å²) in [6.45, 7) is 4.75. The highest BCUT2D eigenvalue weighted by molar-refractivity contribution is 6.35. The highest BCUT2D eigenvalue weighted by atomic mass is 16.3. The first kappa shape index (κ1) is 18.1. The topological polar surface area (TPSA) is 17.6 Å². The summed E-state index contributed by atoms with van der Waals surface area (Å²) >= 11 is 0. The lowest BCUT2D eigenvalue weighted by atomic mass is 9.81. The Hall–Kier alpha value is -4.30. The zero-order valence-corrected chi connectivity index (χ0v) is 19.5. The molecule has 0 saturated heterocycles. The number of para-hydroxylation sites is 2. The third-order valence-corrected chi connectivity index (χ3v) is 8.51. The Morgan fingerprint density at radius 2 is 1.37 bits per heavy atom. The van der Waals surface area contributed by atoms with Crippen LogP contribution in [-0.2, 0) is 5.41 Å². The van der Waals surface area contributed by atoms with Crippen molar-refractivity contribution in [1.82, 2.24) is 4.40 Å². The van der Waals surface area contributed by atoms with Crippen molar-refractivity contribution < 1.29 is 4.42 Å². The second kappa shape index (κ2) is 5.67. The summed E-state index contributed by atoms with van der Waals surface area (Å²) in [6, 6.07) is 33.2. The maximum atomic E-state index is 6.36. The Bertz CT molecular complexity index is 2190. The number of hydrogen-bond acceptors (Lipinski definition) is 1. The van der Waals surface area contributed by atoms with Gasteiger partial charge in [-0.1, -0.05) is 74.5 Å². The van der Waals surface area contributed by atoms with E-state index in [0.717, 1.165) is 11.2 Å². The average Bonchev–Trinajstić information content (AvgIpc) is 3.58. The van der Waals surface area contributed by atoms with Gasteiger partial charge in [-0.15, -0.1) is 0 Å². The van der Waals surface area contributed by atoms with Gasteiger partial charge in [0.2, 0.25) is 0 Å². The van der Waals surface area contributed by atoms with Gasteiger partial charge in [0, 0.05) is 37.7 Å². The van der Waals surface area contributed by atoms with Crippen LogP contribution < -0.4 is 0 Å². The first-order valence-electron chi connectivity index (χ1n) is 12.3. The molecule has 5 aromatic carbocycles. The Kier molecular flexibility index (Phi) is 2.93. The third-order valence-electron chi connectivity index (χ3n) is 8.51. The maximum Gasteiger partial charge on any atom is 0.136 e. The van der Waals surface area contributed by atoms with Crippen molar-refractivity contribution in [1.29, 1.82) is 0 Å². The average molecular weight is 448 g/mol. The molecule has 0 radical (unpaired) electrons. The first-order chi connectivity index (χ1) is 17.1. The fourth-order valence-corrected chi connectivity index (χ4v) is 7.03. The van der Waals surface area contributed by atoms with Gasteiger partial charge in [0.1, 0.15) is 11.2 Å². The molecule has 9 rings (SSSR count). The van der Waals surface area contributed by atoms with E-state index in [-0.39, 0.29) is 5.41 Å². The second-order valence-corrected chi connectivity index (χ2v) is 10.5. The van der Waals surface area contributed by atoms with Gasteiger partial charge in [0.05, 0.1) is 16.6 Å². The molecule has 0 atom stereocenters. The molecular weight excluding hydrogens is 426 g/mol. The van der Waals surface area contributed by atoms with Crippen LogP contribution in [0.2, 0.25) is 0 Å². The van der Waals surface area contributed by atoms with Gasteiger partial charge in [-0.2, -0.15) is 0 Å². The minimum atomic E-state index is -0.0606. The molecule has 164 valence electrons. The van der Waals surface area contributed by atoms with Crippen molar-refractivity contribution in [3.05, 3.63) is 102 Å². The number of rotatable bonds is 0. The van der Waals surface area contributed by atoms with E-state index in [0.29, 0.717) is 0 Å². The van der Waals surface area contributed by atoms with Crippen LogP contribution in [0.3, 0.4) is 0 Å². The smallest absolute Gasteiger partial charge is 0.136 e. The van der Waals surface area contributed by atoms with Crippen LogP contribution in [0.4, 0.5) is 0 Å². The normalized spacial score (nSPS) is 14.8. The zero-order valence-electron chi connectivity index (χ0n) is 19.5. The number of aromatic nitrogens is 1. The highest BCUT2D eigenvalue weighted by Gasteiger charge is 2.38. The third kappa shape index (κ3) is 1.89. The van der Waals surface area contributed by atoms with Crippen LogP contribution in [-0.4, -0.2) is 4.40 Å². The molecule has 0 saturated carbocycles. The number of furan rings is 1. The summed E-state index contributed by atoms with van der Waals surface area (Å²) in [5.74, 6) is 0. The van der Waals surface area contributed by atoms with Crippen LogP contribution in [0.5, 0.6) is 0 Å². The number of nitrogens with zero attached hydrogens (tertiary/aromatic N) is 1.